The number of pyridine rings is 1. The lowest BCUT2D eigenvalue weighted by atomic mass is 9.73. The molecule has 1 aliphatic carbocycles. The van der Waals surface area contributed by atoms with Gasteiger partial charge in [0.1, 0.15) is 11.8 Å². The average Bonchev–Trinajstić information content (AvgIpc) is 2.75. The second-order valence-corrected chi connectivity index (χ2v) is 5.45. The zero-order valence-electron chi connectivity index (χ0n) is 10.7. The van der Waals surface area contributed by atoms with Crippen LogP contribution in [0, 0.1) is 17.2 Å². The summed E-state index contributed by atoms with van der Waals surface area (Å²) in [6.45, 7) is 2.46. The first-order chi connectivity index (χ1) is 9.07. The predicted molar refractivity (Wildman–Crippen MR) is 68.7 cm³/mol. The van der Waals surface area contributed by atoms with Crippen LogP contribution in [0.1, 0.15) is 25.3 Å². The van der Waals surface area contributed by atoms with Crippen molar-refractivity contribution in [3.63, 3.8) is 0 Å². The Morgan fingerprint density at radius 2 is 2.37 bits per heavy atom. The van der Waals surface area contributed by atoms with Crippen LogP contribution in [0.5, 0.6) is 5.75 Å². The van der Waals surface area contributed by atoms with Crippen LogP contribution in [-0.2, 0) is 0 Å². The van der Waals surface area contributed by atoms with Crippen molar-refractivity contribution < 1.29 is 9.84 Å². The first-order valence-electron chi connectivity index (χ1n) is 6.30. The van der Waals surface area contributed by atoms with E-state index in [0.717, 1.165) is 24.1 Å². The molecular weight excluding hydrogens is 242 g/mol. The monoisotopic (exact) mass is 257 g/mol. The third-order valence-electron chi connectivity index (χ3n) is 3.55. The van der Waals surface area contributed by atoms with E-state index < -0.39 is 5.60 Å². The molecule has 1 aliphatic rings. The fraction of sp³-hybridized carbons (Fsp3) is 0.429. The molecule has 1 N–H and O–H groups in total. The van der Waals surface area contributed by atoms with Crippen LogP contribution >= 0.6 is 0 Å². The van der Waals surface area contributed by atoms with Crippen molar-refractivity contribution in [2.75, 3.05) is 6.61 Å². The summed E-state index contributed by atoms with van der Waals surface area (Å²) >= 11 is 0. The van der Waals surface area contributed by atoms with Gasteiger partial charge in [0, 0.05) is 0 Å². The van der Waals surface area contributed by atoms with Crippen LogP contribution in [0.15, 0.2) is 24.5 Å². The Labute approximate surface area is 111 Å². The van der Waals surface area contributed by atoms with Crippen LogP contribution < -0.4 is 4.74 Å². The molecule has 1 saturated carbocycles. The smallest absolute Gasteiger partial charge is 0.137 e. The van der Waals surface area contributed by atoms with E-state index in [1.54, 1.807) is 16.9 Å². The fourth-order valence-electron chi connectivity index (χ4n) is 2.65. The highest BCUT2D eigenvalue weighted by Crippen LogP contribution is 2.37. The van der Waals surface area contributed by atoms with Gasteiger partial charge in [0.15, 0.2) is 0 Å². The fourth-order valence-corrected chi connectivity index (χ4v) is 2.65. The predicted octanol–water partition coefficient (Wildman–Crippen LogP) is 1.75. The Morgan fingerprint density at radius 1 is 1.58 bits per heavy atom. The molecule has 5 nitrogen and oxygen atoms in total. The molecule has 2 aromatic heterocycles. The lowest BCUT2D eigenvalue weighted by Crippen LogP contribution is -2.43. The van der Waals surface area contributed by atoms with E-state index in [2.05, 4.69) is 11.2 Å². The molecule has 0 spiro atoms. The van der Waals surface area contributed by atoms with E-state index >= 15 is 0 Å². The summed E-state index contributed by atoms with van der Waals surface area (Å²) in [4.78, 5) is 0. The molecule has 98 valence electrons. The van der Waals surface area contributed by atoms with Gasteiger partial charge in [-0.25, -0.2) is 4.52 Å². The van der Waals surface area contributed by atoms with Gasteiger partial charge in [-0.05, 0) is 37.8 Å². The molecular formula is C14H15N3O2. The van der Waals surface area contributed by atoms with E-state index in [1.807, 2.05) is 19.1 Å². The third-order valence-corrected chi connectivity index (χ3v) is 3.55. The van der Waals surface area contributed by atoms with Gasteiger partial charge >= 0.3 is 0 Å². The van der Waals surface area contributed by atoms with Crippen LogP contribution in [0.3, 0.4) is 0 Å². The highest BCUT2D eigenvalue weighted by Gasteiger charge is 2.38. The second kappa shape index (κ2) is 4.25. The minimum atomic E-state index is -0.512. The molecule has 0 radical (unpaired) electrons. The summed E-state index contributed by atoms with van der Waals surface area (Å²) in [6.07, 6.45) is 4.89. The Morgan fingerprint density at radius 3 is 3.05 bits per heavy atom. The standard InChI is InChI=1S/C14H15N3O2/c1-14(18)4-10(5-14)9-19-12-2-3-13-11(6-15)7-16-17(13)8-12/h2-3,7-8,10,18H,4-5,9H2,1H3. The number of nitrogens with zero attached hydrogens (tertiary/aromatic N) is 3. The molecule has 3 rings (SSSR count). The minimum absolute atomic E-state index is 0.415. The summed E-state index contributed by atoms with van der Waals surface area (Å²) in [7, 11) is 0. The number of fused-ring (bicyclic) bond motifs is 1. The molecule has 0 atom stereocenters. The first kappa shape index (κ1) is 12.0. The van der Waals surface area contributed by atoms with Gasteiger partial charge in [-0.1, -0.05) is 0 Å². The zero-order valence-corrected chi connectivity index (χ0v) is 10.7. The summed E-state index contributed by atoms with van der Waals surface area (Å²) in [5.74, 6) is 1.14. The SMILES string of the molecule is CC1(O)CC(COc2ccc3c(C#N)cnn3c2)C1. The van der Waals surface area contributed by atoms with E-state index in [4.69, 9.17) is 10.00 Å². The van der Waals surface area contributed by atoms with Gasteiger partial charge in [0.2, 0.25) is 0 Å². The zero-order chi connectivity index (χ0) is 13.5. The van der Waals surface area contributed by atoms with Crippen molar-refractivity contribution in [3.8, 4) is 11.8 Å². The van der Waals surface area contributed by atoms with Crippen molar-refractivity contribution >= 4 is 5.52 Å². The molecule has 0 saturated heterocycles. The van der Waals surface area contributed by atoms with Crippen molar-refractivity contribution in [3.05, 3.63) is 30.1 Å². The van der Waals surface area contributed by atoms with Crippen molar-refractivity contribution in [1.29, 1.82) is 5.26 Å². The molecule has 1 fully saturated rings. The summed E-state index contributed by atoms with van der Waals surface area (Å²) in [5.41, 5.74) is 0.824. The van der Waals surface area contributed by atoms with Gasteiger partial charge in [-0.3, -0.25) is 0 Å². The van der Waals surface area contributed by atoms with Gasteiger partial charge < -0.3 is 9.84 Å². The van der Waals surface area contributed by atoms with E-state index in [1.165, 1.54) is 0 Å². The molecule has 2 heterocycles. The first-order valence-corrected chi connectivity index (χ1v) is 6.30. The average molecular weight is 257 g/mol. The number of hydrogen-bond acceptors (Lipinski definition) is 4. The van der Waals surface area contributed by atoms with Crippen LogP contribution in [0.4, 0.5) is 0 Å². The maximum atomic E-state index is 9.65. The molecule has 0 aromatic carbocycles. The Kier molecular flexibility index (Phi) is 2.68. The summed E-state index contributed by atoms with van der Waals surface area (Å²) in [5, 5.41) is 22.7. The third kappa shape index (κ3) is 2.27. The number of rotatable bonds is 3. The number of hydrogen-bond donors (Lipinski definition) is 1. The number of aliphatic hydroxyl groups is 1. The second-order valence-electron chi connectivity index (χ2n) is 5.45. The quantitative estimate of drug-likeness (QED) is 0.909. The molecule has 5 heteroatoms. The minimum Gasteiger partial charge on any atom is -0.492 e. The largest absolute Gasteiger partial charge is 0.492 e. The molecule has 0 amide bonds. The normalized spacial score (nSPS) is 25.8. The highest BCUT2D eigenvalue weighted by molar-refractivity contribution is 5.60. The van der Waals surface area contributed by atoms with Crippen molar-refractivity contribution in [1.82, 2.24) is 9.61 Å². The number of nitriles is 1. The molecule has 0 unspecified atom stereocenters. The van der Waals surface area contributed by atoms with E-state index in [0.29, 0.717) is 18.1 Å². The van der Waals surface area contributed by atoms with Crippen LogP contribution in [0.2, 0.25) is 0 Å². The van der Waals surface area contributed by atoms with E-state index in [9.17, 15) is 5.11 Å². The van der Waals surface area contributed by atoms with E-state index in [-0.39, 0.29) is 0 Å². The maximum absolute atomic E-state index is 9.65. The van der Waals surface area contributed by atoms with Gasteiger partial charge in [-0.2, -0.15) is 10.4 Å². The Bertz CT molecular complexity index is 646. The molecule has 19 heavy (non-hydrogen) atoms. The molecule has 0 bridgehead atoms. The topological polar surface area (TPSA) is 70.5 Å². The highest BCUT2D eigenvalue weighted by atomic mass is 16.5. The maximum Gasteiger partial charge on any atom is 0.137 e. The lowest BCUT2D eigenvalue weighted by molar-refractivity contribution is -0.0690. The van der Waals surface area contributed by atoms with Gasteiger partial charge in [0.25, 0.3) is 0 Å². The van der Waals surface area contributed by atoms with Crippen molar-refractivity contribution in [2.45, 2.75) is 25.4 Å². The lowest BCUT2D eigenvalue weighted by Gasteiger charge is -2.40. The van der Waals surface area contributed by atoms with Crippen molar-refractivity contribution in [2.24, 2.45) is 5.92 Å². The van der Waals surface area contributed by atoms with Gasteiger partial charge in [0.05, 0.1) is 35.7 Å². The summed E-state index contributed by atoms with van der Waals surface area (Å²) < 4.78 is 7.34. The summed E-state index contributed by atoms with van der Waals surface area (Å²) in [6, 6.07) is 5.77. The number of ether oxygens (including phenoxy) is 1. The number of aromatic nitrogens is 2. The molecule has 0 aliphatic heterocycles. The Balaban J connectivity index is 1.68. The van der Waals surface area contributed by atoms with Crippen LogP contribution in [-0.4, -0.2) is 26.9 Å². The van der Waals surface area contributed by atoms with Crippen LogP contribution in [0.25, 0.3) is 5.52 Å². The Hall–Kier alpha value is -2.06. The molecule has 2 aromatic rings. The van der Waals surface area contributed by atoms with Gasteiger partial charge in [-0.15, -0.1) is 0 Å².